The van der Waals surface area contributed by atoms with Gasteiger partial charge in [-0.2, -0.15) is 4.31 Å². The van der Waals surface area contributed by atoms with E-state index in [4.69, 9.17) is 4.42 Å². The maximum atomic E-state index is 12.7. The lowest BCUT2D eigenvalue weighted by Crippen LogP contribution is -2.36. The van der Waals surface area contributed by atoms with Crippen LogP contribution in [0.2, 0.25) is 0 Å². The summed E-state index contributed by atoms with van der Waals surface area (Å²) < 4.78 is 33.0. The second-order valence-corrected chi connectivity index (χ2v) is 10.0. The van der Waals surface area contributed by atoms with Crippen LogP contribution in [-0.4, -0.2) is 43.8 Å². The molecule has 0 amide bonds. The Morgan fingerprint density at radius 3 is 2.52 bits per heavy atom. The van der Waals surface area contributed by atoms with E-state index in [1.165, 1.54) is 11.3 Å². The maximum Gasteiger partial charge on any atom is 0.252 e. The fourth-order valence-electron chi connectivity index (χ4n) is 2.99. The van der Waals surface area contributed by atoms with Crippen LogP contribution in [0.15, 0.2) is 25.8 Å². The van der Waals surface area contributed by atoms with Gasteiger partial charge in [-0.25, -0.2) is 13.4 Å². The molecule has 1 saturated heterocycles. The van der Waals surface area contributed by atoms with Crippen molar-refractivity contribution in [2.24, 2.45) is 4.99 Å². The summed E-state index contributed by atoms with van der Waals surface area (Å²) in [5, 5.41) is 6.34. The SMILES string of the molecule is CN=C(NCc1nc(C)c(C)o1)NCc1ccc(S(=O)(=O)N2CCCCC2)s1.I. The minimum absolute atomic E-state index is 0. The fourth-order valence-corrected chi connectivity index (χ4v) is 5.96. The van der Waals surface area contributed by atoms with Gasteiger partial charge in [0, 0.05) is 25.0 Å². The molecule has 0 aromatic carbocycles. The number of piperidine rings is 1. The average molecular weight is 553 g/mol. The van der Waals surface area contributed by atoms with Crippen LogP contribution in [0.5, 0.6) is 0 Å². The first-order valence-corrected chi connectivity index (χ1v) is 11.6. The normalized spacial score (nSPS) is 15.8. The number of nitrogens with one attached hydrogen (secondary N) is 2. The van der Waals surface area contributed by atoms with Crippen LogP contribution in [-0.2, 0) is 23.1 Å². The van der Waals surface area contributed by atoms with Crippen molar-refractivity contribution in [3.05, 3.63) is 34.4 Å². The molecule has 11 heteroatoms. The first kappa shape index (κ1) is 24.1. The van der Waals surface area contributed by atoms with E-state index in [1.54, 1.807) is 17.4 Å². The lowest BCUT2D eigenvalue weighted by molar-refractivity contribution is 0.347. The molecule has 0 atom stereocenters. The molecule has 1 aliphatic heterocycles. The van der Waals surface area contributed by atoms with Crippen LogP contribution < -0.4 is 10.6 Å². The number of guanidine groups is 1. The van der Waals surface area contributed by atoms with Gasteiger partial charge in [-0.1, -0.05) is 6.42 Å². The summed E-state index contributed by atoms with van der Waals surface area (Å²) in [4.78, 5) is 9.44. The quantitative estimate of drug-likeness (QED) is 0.324. The van der Waals surface area contributed by atoms with Crippen LogP contribution >= 0.6 is 35.3 Å². The van der Waals surface area contributed by atoms with E-state index in [9.17, 15) is 8.42 Å². The third-order valence-electron chi connectivity index (χ3n) is 4.68. The zero-order valence-electron chi connectivity index (χ0n) is 16.9. The Morgan fingerprint density at radius 2 is 1.90 bits per heavy atom. The molecular formula is C18H28IN5O3S2. The summed E-state index contributed by atoms with van der Waals surface area (Å²) in [5.41, 5.74) is 0.876. The van der Waals surface area contributed by atoms with E-state index in [0.29, 0.717) is 42.2 Å². The molecule has 0 radical (unpaired) electrons. The monoisotopic (exact) mass is 553 g/mol. The zero-order valence-corrected chi connectivity index (χ0v) is 20.9. The van der Waals surface area contributed by atoms with Crippen molar-refractivity contribution >= 4 is 51.3 Å². The Morgan fingerprint density at radius 1 is 1.21 bits per heavy atom. The molecular weight excluding hydrogens is 525 g/mol. The van der Waals surface area contributed by atoms with E-state index < -0.39 is 10.0 Å². The van der Waals surface area contributed by atoms with Gasteiger partial charge in [0.1, 0.15) is 9.97 Å². The number of thiophene rings is 1. The number of hydrogen-bond acceptors (Lipinski definition) is 6. The van der Waals surface area contributed by atoms with Gasteiger partial charge in [-0.05, 0) is 38.8 Å². The first-order valence-electron chi connectivity index (χ1n) is 9.36. The summed E-state index contributed by atoms with van der Waals surface area (Å²) in [7, 11) is -1.69. The third-order valence-corrected chi connectivity index (χ3v) is 8.13. The number of aromatic nitrogens is 1. The predicted molar refractivity (Wildman–Crippen MR) is 125 cm³/mol. The number of sulfonamides is 1. The molecule has 1 aliphatic rings. The second kappa shape index (κ2) is 10.7. The zero-order chi connectivity index (χ0) is 20.1. The van der Waals surface area contributed by atoms with E-state index >= 15 is 0 Å². The molecule has 2 aromatic heterocycles. The van der Waals surface area contributed by atoms with Gasteiger partial charge >= 0.3 is 0 Å². The molecule has 0 aliphatic carbocycles. The van der Waals surface area contributed by atoms with Crippen LogP contribution in [0.3, 0.4) is 0 Å². The standard InChI is InChI=1S/C18H27N5O3S2.HI/c1-13-14(2)26-16(22-13)12-21-18(19-3)20-11-15-7-8-17(27-15)28(24,25)23-9-5-4-6-10-23;/h7-8H,4-6,9-12H2,1-3H3,(H2,19,20,21);1H. The molecule has 3 rings (SSSR count). The fraction of sp³-hybridized carbons (Fsp3) is 0.556. The number of aliphatic imine (C=N–C) groups is 1. The minimum atomic E-state index is -3.38. The number of aryl methyl sites for hydroxylation is 2. The Labute approximate surface area is 193 Å². The second-order valence-electron chi connectivity index (χ2n) is 6.71. The summed E-state index contributed by atoms with van der Waals surface area (Å²) >= 11 is 1.30. The number of oxazole rings is 1. The Balaban J connectivity index is 0.00000300. The molecule has 162 valence electrons. The van der Waals surface area contributed by atoms with Crippen molar-refractivity contribution in [1.82, 2.24) is 19.9 Å². The van der Waals surface area contributed by atoms with E-state index in [1.807, 2.05) is 19.9 Å². The Hall–Kier alpha value is -1.18. The van der Waals surface area contributed by atoms with Gasteiger partial charge < -0.3 is 15.1 Å². The lowest BCUT2D eigenvalue weighted by Gasteiger charge is -2.25. The van der Waals surface area contributed by atoms with Crippen LogP contribution in [0.1, 0.15) is 41.5 Å². The van der Waals surface area contributed by atoms with Gasteiger partial charge in [0.05, 0.1) is 18.8 Å². The maximum absolute atomic E-state index is 12.7. The number of rotatable bonds is 6. The van der Waals surface area contributed by atoms with Gasteiger partial charge in [0.15, 0.2) is 5.96 Å². The van der Waals surface area contributed by atoms with Gasteiger partial charge in [0.2, 0.25) is 5.89 Å². The van der Waals surface area contributed by atoms with Crippen LogP contribution in [0, 0.1) is 13.8 Å². The van der Waals surface area contributed by atoms with E-state index in [2.05, 4.69) is 20.6 Å². The highest BCUT2D eigenvalue weighted by Gasteiger charge is 2.27. The predicted octanol–water partition coefficient (Wildman–Crippen LogP) is 3.01. The molecule has 2 N–H and O–H groups in total. The molecule has 0 unspecified atom stereocenters. The van der Waals surface area contributed by atoms with Gasteiger partial charge in [0.25, 0.3) is 10.0 Å². The van der Waals surface area contributed by atoms with E-state index in [0.717, 1.165) is 35.6 Å². The Bertz CT molecular complexity index is 914. The third kappa shape index (κ3) is 6.15. The van der Waals surface area contributed by atoms with Crippen molar-refractivity contribution < 1.29 is 12.8 Å². The van der Waals surface area contributed by atoms with Crippen LogP contribution in [0.25, 0.3) is 0 Å². The molecule has 29 heavy (non-hydrogen) atoms. The topological polar surface area (TPSA) is 99.8 Å². The molecule has 0 spiro atoms. The largest absolute Gasteiger partial charge is 0.444 e. The Kier molecular flexibility index (Phi) is 8.91. The molecule has 8 nitrogen and oxygen atoms in total. The highest BCUT2D eigenvalue weighted by molar-refractivity contribution is 14.0. The van der Waals surface area contributed by atoms with E-state index in [-0.39, 0.29) is 24.0 Å². The highest BCUT2D eigenvalue weighted by Crippen LogP contribution is 2.27. The highest BCUT2D eigenvalue weighted by atomic mass is 127. The lowest BCUT2D eigenvalue weighted by atomic mass is 10.2. The number of nitrogens with zero attached hydrogens (tertiary/aromatic N) is 3. The number of halogens is 1. The van der Waals surface area contributed by atoms with Gasteiger partial charge in [-0.3, -0.25) is 4.99 Å². The first-order chi connectivity index (χ1) is 13.4. The van der Waals surface area contributed by atoms with Crippen molar-refractivity contribution in [3.63, 3.8) is 0 Å². The molecule has 0 bridgehead atoms. The smallest absolute Gasteiger partial charge is 0.252 e. The van der Waals surface area contributed by atoms with Crippen molar-refractivity contribution in [2.45, 2.75) is 50.4 Å². The molecule has 1 fully saturated rings. The number of hydrogen-bond donors (Lipinski definition) is 2. The minimum Gasteiger partial charge on any atom is -0.444 e. The van der Waals surface area contributed by atoms with Crippen molar-refractivity contribution in [1.29, 1.82) is 0 Å². The van der Waals surface area contributed by atoms with Crippen molar-refractivity contribution in [2.75, 3.05) is 20.1 Å². The summed E-state index contributed by atoms with van der Waals surface area (Å²) in [6.45, 7) is 5.93. The van der Waals surface area contributed by atoms with Crippen LogP contribution in [0.4, 0.5) is 0 Å². The average Bonchev–Trinajstić information content (AvgIpc) is 3.30. The summed E-state index contributed by atoms with van der Waals surface area (Å²) in [6.07, 6.45) is 2.97. The van der Waals surface area contributed by atoms with Crippen molar-refractivity contribution in [3.8, 4) is 0 Å². The molecule has 0 saturated carbocycles. The molecule has 2 aromatic rings. The molecule has 3 heterocycles. The summed E-state index contributed by atoms with van der Waals surface area (Å²) in [5.74, 6) is 2.01. The van der Waals surface area contributed by atoms with Gasteiger partial charge in [-0.15, -0.1) is 35.3 Å². The summed E-state index contributed by atoms with van der Waals surface area (Å²) in [6, 6.07) is 3.54.